The minimum absolute atomic E-state index is 0.109. The molecular formula is C25H38NOPS. The largest absolute Gasteiger partial charge is 0.242 e. The molecule has 0 bridgehead atoms. The van der Waals surface area contributed by atoms with Gasteiger partial charge in [0.1, 0.15) is 0 Å². The van der Waals surface area contributed by atoms with Crippen LogP contribution in [0, 0.1) is 0 Å². The van der Waals surface area contributed by atoms with Crippen LogP contribution in [-0.2, 0) is 11.0 Å². The molecule has 0 heterocycles. The first-order valence-electron chi connectivity index (χ1n) is 10.3. The van der Waals surface area contributed by atoms with Crippen LogP contribution in [0.5, 0.6) is 0 Å². The van der Waals surface area contributed by atoms with Crippen LogP contribution < -0.4 is 10.0 Å². The second-order valence-corrected chi connectivity index (χ2v) is 16.4. The Kier molecular flexibility index (Phi) is 7.53. The lowest BCUT2D eigenvalue weighted by molar-refractivity contribution is 0.624. The molecule has 160 valence electrons. The van der Waals surface area contributed by atoms with Crippen molar-refractivity contribution in [3.05, 3.63) is 65.7 Å². The first-order valence-corrected chi connectivity index (χ1v) is 12.8. The third-order valence-electron chi connectivity index (χ3n) is 4.74. The molecule has 1 N–H and O–H groups in total. The van der Waals surface area contributed by atoms with E-state index >= 15 is 0 Å². The molecule has 2 atom stereocenters. The summed E-state index contributed by atoms with van der Waals surface area (Å²) in [6.45, 7) is 20.1. The molecule has 2 aromatic carbocycles. The summed E-state index contributed by atoms with van der Waals surface area (Å²) in [6.07, 6.45) is 0. The number of nitrogens with one attached hydrogen (secondary N) is 1. The summed E-state index contributed by atoms with van der Waals surface area (Å²) in [5.74, 6) is 0. The van der Waals surface area contributed by atoms with Gasteiger partial charge in [0.25, 0.3) is 0 Å². The zero-order chi connectivity index (χ0) is 22.0. The minimum atomic E-state index is -1.17. The maximum Gasteiger partial charge on any atom is 0.0979 e. The molecule has 0 fully saturated rings. The van der Waals surface area contributed by atoms with E-state index < -0.39 is 18.9 Å². The van der Waals surface area contributed by atoms with Crippen LogP contribution in [0.2, 0.25) is 0 Å². The smallest absolute Gasteiger partial charge is 0.0979 e. The first kappa shape index (κ1) is 24.3. The number of hydrogen-bond donors (Lipinski definition) is 1. The number of hydrogen-bond acceptors (Lipinski definition) is 1. The van der Waals surface area contributed by atoms with Crippen LogP contribution in [0.15, 0.2) is 54.6 Å². The van der Waals surface area contributed by atoms with Gasteiger partial charge in [-0.2, -0.15) is 0 Å². The molecule has 0 radical (unpaired) electrons. The topological polar surface area (TPSA) is 29.1 Å². The second kappa shape index (κ2) is 9.00. The van der Waals surface area contributed by atoms with Gasteiger partial charge in [-0.05, 0) is 47.5 Å². The molecule has 4 heteroatoms. The molecule has 0 aliphatic heterocycles. The summed E-state index contributed by atoms with van der Waals surface area (Å²) in [5.41, 5.74) is 2.39. The predicted octanol–water partition coefficient (Wildman–Crippen LogP) is 6.53. The van der Waals surface area contributed by atoms with Crippen LogP contribution in [0.4, 0.5) is 0 Å². The van der Waals surface area contributed by atoms with Crippen molar-refractivity contribution in [1.82, 2.24) is 4.72 Å². The van der Waals surface area contributed by atoms with Crippen LogP contribution in [0.1, 0.15) is 79.5 Å². The Labute approximate surface area is 182 Å². The average Bonchev–Trinajstić information content (AvgIpc) is 2.57. The highest BCUT2D eigenvalue weighted by Crippen LogP contribution is 2.59. The second-order valence-electron chi connectivity index (χ2n) is 10.6. The van der Waals surface area contributed by atoms with E-state index in [2.05, 4.69) is 94.8 Å². The molecule has 29 heavy (non-hydrogen) atoms. The van der Waals surface area contributed by atoms with Crippen molar-refractivity contribution < 1.29 is 4.21 Å². The summed E-state index contributed by atoms with van der Waals surface area (Å²) in [6, 6.07) is 19.1. The lowest BCUT2D eigenvalue weighted by Gasteiger charge is -2.43. The molecule has 0 amide bonds. The molecule has 2 nitrogen and oxygen atoms in total. The van der Waals surface area contributed by atoms with E-state index in [1.165, 1.54) is 10.9 Å². The summed E-state index contributed by atoms with van der Waals surface area (Å²) < 4.78 is 16.2. The maximum absolute atomic E-state index is 13.1. The Balaban J connectivity index is 2.68. The summed E-state index contributed by atoms with van der Waals surface area (Å²) >= 11 is 0. The Morgan fingerprint density at radius 3 is 1.72 bits per heavy atom. The molecule has 2 aromatic rings. The molecule has 1 unspecified atom stereocenters. The summed E-state index contributed by atoms with van der Waals surface area (Å²) in [7, 11) is -1.65. The molecular weight excluding hydrogens is 393 g/mol. The highest BCUT2D eigenvalue weighted by atomic mass is 32.2. The van der Waals surface area contributed by atoms with Crippen molar-refractivity contribution in [2.45, 2.75) is 83.4 Å². The van der Waals surface area contributed by atoms with Gasteiger partial charge in [-0.15, -0.1) is 0 Å². The van der Waals surface area contributed by atoms with Crippen molar-refractivity contribution in [2.24, 2.45) is 0 Å². The van der Waals surface area contributed by atoms with E-state index in [4.69, 9.17) is 0 Å². The fraction of sp³-hybridized carbons (Fsp3) is 0.520. The Morgan fingerprint density at radius 1 is 0.759 bits per heavy atom. The highest BCUT2D eigenvalue weighted by Gasteiger charge is 2.38. The zero-order valence-electron chi connectivity index (χ0n) is 19.5. The highest BCUT2D eigenvalue weighted by molar-refractivity contribution is 7.84. The summed E-state index contributed by atoms with van der Waals surface area (Å²) in [4.78, 5) is 0. The van der Waals surface area contributed by atoms with Crippen LogP contribution in [0.25, 0.3) is 0 Å². The third-order valence-corrected chi connectivity index (χ3v) is 9.88. The van der Waals surface area contributed by atoms with Gasteiger partial charge in [0.2, 0.25) is 0 Å². The van der Waals surface area contributed by atoms with Crippen molar-refractivity contribution >= 4 is 24.2 Å². The predicted molar refractivity (Wildman–Crippen MR) is 132 cm³/mol. The van der Waals surface area contributed by atoms with Gasteiger partial charge in [0.15, 0.2) is 0 Å². The maximum atomic E-state index is 13.1. The lowest BCUT2D eigenvalue weighted by Crippen LogP contribution is -2.39. The number of rotatable bonds is 5. The molecule has 0 saturated heterocycles. The zero-order valence-corrected chi connectivity index (χ0v) is 21.2. The Bertz CT molecular complexity index is 814. The Morgan fingerprint density at radius 2 is 1.24 bits per heavy atom. The van der Waals surface area contributed by atoms with Crippen molar-refractivity contribution in [2.75, 3.05) is 0 Å². The van der Waals surface area contributed by atoms with Crippen LogP contribution in [0.3, 0.4) is 0 Å². The lowest BCUT2D eigenvalue weighted by atomic mass is 10.00. The number of benzene rings is 2. The molecule has 0 aliphatic rings. The van der Waals surface area contributed by atoms with Gasteiger partial charge in [-0.3, -0.25) is 0 Å². The first-order chi connectivity index (χ1) is 13.2. The SMILES string of the molecule is CC(C)(C)P(c1ccccc1[C@H](NS(=O)C(C)(C)C)c1ccccc1)C(C)(C)C. The van der Waals surface area contributed by atoms with Crippen molar-refractivity contribution in [3.63, 3.8) is 0 Å². The molecule has 0 spiro atoms. The van der Waals surface area contributed by atoms with Crippen molar-refractivity contribution in [1.29, 1.82) is 0 Å². The van der Waals surface area contributed by atoms with Gasteiger partial charge in [0.05, 0.1) is 21.8 Å². The monoisotopic (exact) mass is 431 g/mol. The van der Waals surface area contributed by atoms with E-state index in [-0.39, 0.29) is 21.1 Å². The van der Waals surface area contributed by atoms with E-state index in [0.29, 0.717) is 0 Å². The fourth-order valence-corrected chi connectivity index (χ4v) is 8.89. The Hall–Kier alpha value is -1.02. The quantitative estimate of drug-likeness (QED) is 0.536. The molecule has 0 saturated carbocycles. The summed E-state index contributed by atoms with van der Waals surface area (Å²) in [5, 5.41) is 1.72. The van der Waals surface area contributed by atoms with E-state index in [1.54, 1.807) is 0 Å². The van der Waals surface area contributed by atoms with Crippen LogP contribution in [-0.4, -0.2) is 19.3 Å². The van der Waals surface area contributed by atoms with Gasteiger partial charge in [-0.1, -0.05) is 104 Å². The normalized spacial score (nSPS) is 15.4. The molecule has 2 rings (SSSR count). The van der Waals surface area contributed by atoms with Crippen LogP contribution >= 0.6 is 7.92 Å². The average molecular weight is 432 g/mol. The van der Waals surface area contributed by atoms with Gasteiger partial charge in [-0.25, -0.2) is 8.93 Å². The van der Waals surface area contributed by atoms with E-state index in [1.807, 2.05) is 26.8 Å². The molecule has 0 aliphatic carbocycles. The van der Waals surface area contributed by atoms with Gasteiger partial charge in [0, 0.05) is 0 Å². The fourth-order valence-electron chi connectivity index (χ4n) is 3.90. The van der Waals surface area contributed by atoms with Crippen molar-refractivity contribution in [3.8, 4) is 0 Å². The third kappa shape index (κ3) is 6.23. The standard InChI is InChI=1S/C25H38NOPS/c1-23(2,3)28(24(4,5)6)21-18-14-13-17-20(21)22(19-15-11-10-12-16-19)26-29(27)25(7,8)9/h10-18,22,26H,1-9H3/t22-,29?/m1/s1. The van der Waals surface area contributed by atoms with Gasteiger partial charge < -0.3 is 0 Å². The van der Waals surface area contributed by atoms with E-state index in [0.717, 1.165) is 5.56 Å². The van der Waals surface area contributed by atoms with E-state index in [9.17, 15) is 4.21 Å². The minimum Gasteiger partial charge on any atom is -0.242 e. The molecule has 0 aromatic heterocycles. The van der Waals surface area contributed by atoms with Gasteiger partial charge >= 0.3 is 0 Å².